The lowest BCUT2D eigenvalue weighted by Crippen LogP contribution is -2.11. The van der Waals surface area contributed by atoms with E-state index in [9.17, 15) is 13.6 Å². The molecule has 0 radical (unpaired) electrons. The first-order chi connectivity index (χ1) is 17.4. The van der Waals surface area contributed by atoms with Crippen molar-refractivity contribution in [2.24, 2.45) is 0 Å². The minimum absolute atomic E-state index is 0.0374. The van der Waals surface area contributed by atoms with Crippen LogP contribution in [0.4, 0.5) is 20.2 Å². The zero-order valence-electron chi connectivity index (χ0n) is 19.4. The molecule has 4 aromatic rings. The molecule has 1 amide bonds. The normalized spacial score (nSPS) is 10.8. The molecule has 0 bridgehead atoms. The standard InChI is InChI=1S/C25H22ClF2N5O2S/c1-3-33-13-16(25(34)31-20-6-17(26)7-21(9-20)32-36-2)5-22(33)24-23(8-19(28)12-30-24)35-14-15-4-18(27)11-29-10-15/h4-13,32H,3,14H2,1-2H3,(H,31,34). The molecule has 186 valence electrons. The van der Waals surface area contributed by atoms with Gasteiger partial charge in [-0.25, -0.2) is 13.8 Å². The maximum Gasteiger partial charge on any atom is 0.257 e. The molecule has 3 aromatic heterocycles. The number of ether oxygens (including phenoxy) is 1. The summed E-state index contributed by atoms with van der Waals surface area (Å²) in [6, 6.07) is 9.31. The van der Waals surface area contributed by atoms with Crippen LogP contribution in [0.25, 0.3) is 11.4 Å². The van der Waals surface area contributed by atoms with E-state index in [1.807, 2.05) is 17.7 Å². The van der Waals surface area contributed by atoms with Crippen LogP contribution in [0.2, 0.25) is 5.02 Å². The second-order valence-corrected chi connectivity index (χ2v) is 8.74. The second-order valence-electron chi connectivity index (χ2n) is 7.69. The monoisotopic (exact) mass is 529 g/mol. The number of rotatable bonds is 9. The highest BCUT2D eigenvalue weighted by molar-refractivity contribution is 7.99. The van der Waals surface area contributed by atoms with Crippen LogP contribution < -0.4 is 14.8 Å². The molecule has 7 nitrogen and oxygen atoms in total. The highest BCUT2D eigenvalue weighted by Crippen LogP contribution is 2.31. The van der Waals surface area contributed by atoms with Crippen molar-refractivity contribution in [2.45, 2.75) is 20.1 Å². The number of pyridine rings is 2. The number of benzene rings is 1. The summed E-state index contributed by atoms with van der Waals surface area (Å²) < 4.78 is 38.2. The van der Waals surface area contributed by atoms with Gasteiger partial charge in [-0.3, -0.25) is 9.78 Å². The molecule has 0 unspecified atom stereocenters. The van der Waals surface area contributed by atoms with Crippen LogP contribution in [0, 0.1) is 11.6 Å². The van der Waals surface area contributed by atoms with Crippen molar-refractivity contribution in [3.05, 3.63) is 89.0 Å². The molecule has 1 aromatic carbocycles. The highest BCUT2D eigenvalue weighted by atomic mass is 35.5. The number of nitrogens with one attached hydrogen (secondary N) is 2. The maximum absolute atomic E-state index is 14.0. The van der Waals surface area contributed by atoms with Gasteiger partial charge in [-0.2, -0.15) is 0 Å². The smallest absolute Gasteiger partial charge is 0.257 e. The minimum Gasteiger partial charge on any atom is -0.486 e. The lowest BCUT2D eigenvalue weighted by Gasteiger charge is -2.12. The van der Waals surface area contributed by atoms with Crippen molar-refractivity contribution in [3.8, 4) is 17.1 Å². The Morgan fingerprint density at radius 2 is 1.86 bits per heavy atom. The quantitative estimate of drug-likeness (QED) is 0.244. The SMILES string of the molecule is CCn1cc(C(=O)Nc2cc(Cl)cc(NSC)c2)cc1-c1ncc(F)cc1OCc1cncc(F)c1. The van der Waals surface area contributed by atoms with E-state index in [0.29, 0.717) is 39.8 Å². The Bertz CT molecular complexity index is 1400. The number of halogens is 3. The van der Waals surface area contributed by atoms with Gasteiger partial charge in [0.05, 0.1) is 23.7 Å². The summed E-state index contributed by atoms with van der Waals surface area (Å²) in [4.78, 5) is 21.1. The van der Waals surface area contributed by atoms with Crippen molar-refractivity contribution in [1.29, 1.82) is 0 Å². The summed E-state index contributed by atoms with van der Waals surface area (Å²) in [6.45, 7) is 2.39. The summed E-state index contributed by atoms with van der Waals surface area (Å²) in [5.41, 5.74) is 3.04. The van der Waals surface area contributed by atoms with Gasteiger partial charge in [-0.05, 0) is 37.3 Å². The Morgan fingerprint density at radius 1 is 1.08 bits per heavy atom. The molecule has 0 aliphatic rings. The van der Waals surface area contributed by atoms with Gasteiger partial charge in [0.15, 0.2) is 5.75 Å². The van der Waals surface area contributed by atoms with Crippen molar-refractivity contribution in [2.75, 3.05) is 16.3 Å². The topological polar surface area (TPSA) is 81.1 Å². The van der Waals surface area contributed by atoms with Crippen LogP contribution in [0.1, 0.15) is 22.8 Å². The van der Waals surface area contributed by atoms with Crippen LogP contribution in [0.15, 0.2) is 61.2 Å². The van der Waals surface area contributed by atoms with Gasteiger partial charge < -0.3 is 19.3 Å². The fourth-order valence-corrected chi connectivity index (χ4v) is 4.14. The van der Waals surface area contributed by atoms with Crippen LogP contribution in [0.5, 0.6) is 5.75 Å². The predicted molar refractivity (Wildman–Crippen MR) is 138 cm³/mol. The average molecular weight is 530 g/mol. The van der Waals surface area contributed by atoms with Gasteiger partial charge in [-0.1, -0.05) is 23.5 Å². The number of anilines is 2. The van der Waals surface area contributed by atoms with Gasteiger partial charge in [0.2, 0.25) is 0 Å². The van der Waals surface area contributed by atoms with E-state index in [4.69, 9.17) is 16.3 Å². The van der Waals surface area contributed by atoms with Crippen molar-refractivity contribution < 1.29 is 18.3 Å². The molecule has 0 spiro atoms. The predicted octanol–water partition coefficient (Wildman–Crippen LogP) is 6.42. The first-order valence-corrected chi connectivity index (χ1v) is 12.5. The third kappa shape index (κ3) is 6.13. The molecule has 0 saturated heterocycles. The molecule has 0 saturated carbocycles. The van der Waals surface area contributed by atoms with Crippen LogP contribution in [-0.4, -0.2) is 26.7 Å². The Hall–Kier alpha value is -3.63. The maximum atomic E-state index is 14.0. The number of carbonyl (C=O) groups excluding carboxylic acids is 1. The zero-order chi connectivity index (χ0) is 25.7. The number of amides is 1. The summed E-state index contributed by atoms with van der Waals surface area (Å²) in [6.07, 6.45) is 7.18. The van der Waals surface area contributed by atoms with Gasteiger partial charge in [0, 0.05) is 53.2 Å². The van der Waals surface area contributed by atoms with Crippen molar-refractivity contribution in [3.63, 3.8) is 0 Å². The molecule has 0 fully saturated rings. The second kappa shape index (κ2) is 11.4. The fourth-order valence-electron chi connectivity index (χ4n) is 3.56. The van der Waals surface area contributed by atoms with E-state index in [2.05, 4.69) is 20.0 Å². The van der Waals surface area contributed by atoms with E-state index in [1.165, 1.54) is 30.3 Å². The summed E-state index contributed by atoms with van der Waals surface area (Å²) in [5.74, 6) is -1.28. The molecule has 0 aliphatic heterocycles. The van der Waals surface area contributed by atoms with Gasteiger partial charge in [-0.15, -0.1) is 0 Å². The van der Waals surface area contributed by atoms with Crippen molar-refractivity contribution in [1.82, 2.24) is 14.5 Å². The number of nitrogens with zero attached hydrogens (tertiary/aromatic N) is 3. The highest BCUT2D eigenvalue weighted by Gasteiger charge is 2.19. The van der Waals surface area contributed by atoms with Gasteiger partial charge in [0.25, 0.3) is 5.91 Å². The van der Waals surface area contributed by atoms with Crippen molar-refractivity contribution >= 4 is 40.8 Å². The van der Waals surface area contributed by atoms with Crippen LogP contribution >= 0.6 is 23.5 Å². The molecule has 36 heavy (non-hydrogen) atoms. The first-order valence-electron chi connectivity index (χ1n) is 10.9. The number of hydrogen-bond acceptors (Lipinski definition) is 6. The Morgan fingerprint density at radius 3 is 2.61 bits per heavy atom. The van der Waals surface area contributed by atoms with Crippen LogP contribution in [0.3, 0.4) is 0 Å². The third-order valence-electron chi connectivity index (χ3n) is 5.09. The fraction of sp³-hybridized carbons (Fsp3) is 0.160. The molecular formula is C25H22ClF2N5O2S. The number of aryl methyl sites for hydroxylation is 1. The Kier molecular flexibility index (Phi) is 8.07. The molecule has 3 heterocycles. The van der Waals surface area contributed by atoms with Gasteiger partial charge >= 0.3 is 0 Å². The van der Waals surface area contributed by atoms with E-state index in [-0.39, 0.29) is 18.3 Å². The largest absolute Gasteiger partial charge is 0.486 e. The lowest BCUT2D eigenvalue weighted by atomic mass is 10.2. The van der Waals surface area contributed by atoms with E-state index < -0.39 is 11.6 Å². The first kappa shape index (κ1) is 25.5. The Balaban J connectivity index is 1.61. The Labute approximate surface area is 216 Å². The van der Waals surface area contributed by atoms with E-state index >= 15 is 0 Å². The summed E-state index contributed by atoms with van der Waals surface area (Å²) in [7, 11) is 0. The molecule has 2 N–H and O–H groups in total. The van der Waals surface area contributed by atoms with E-state index in [0.717, 1.165) is 18.1 Å². The van der Waals surface area contributed by atoms with E-state index in [1.54, 1.807) is 30.5 Å². The summed E-state index contributed by atoms with van der Waals surface area (Å²) >= 11 is 7.58. The number of aromatic nitrogens is 3. The summed E-state index contributed by atoms with van der Waals surface area (Å²) in [5, 5.41) is 3.32. The average Bonchev–Trinajstić information content (AvgIpc) is 3.27. The molecule has 4 rings (SSSR count). The number of carbonyl (C=O) groups is 1. The zero-order valence-corrected chi connectivity index (χ0v) is 21.0. The lowest BCUT2D eigenvalue weighted by molar-refractivity contribution is 0.102. The van der Waals surface area contributed by atoms with Crippen LogP contribution in [-0.2, 0) is 13.2 Å². The number of hydrogen-bond donors (Lipinski definition) is 2. The minimum atomic E-state index is -0.589. The molecule has 11 heteroatoms. The van der Waals surface area contributed by atoms with Gasteiger partial charge in [0.1, 0.15) is 23.9 Å². The molecule has 0 atom stereocenters. The third-order valence-corrected chi connectivity index (χ3v) is 5.75. The molecular weight excluding hydrogens is 508 g/mol. The molecule has 0 aliphatic carbocycles.